The van der Waals surface area contributed by atoms with E-state index in [9.17, 15) is 0 Å². The summed E-state index contributed by atoms with van der Waals surface area (Å²) in [4.78, 5) is 0. The lowest BCUT2D eigenvalue weighted by Crippen LogP contribution is -2.30. The summed E-state index contributed by atoms with van der Waals surface area (Å²) in [6.45, 7) is 2.34. The zero-order valence-corrected chi connectivity index (χ0v) is 10.6. The molecule has 18 heavy (non-hydrogen) atoms. The van der Waals surface area contributed by atoms with Crippen LogP contribution in [0.5, 0.6) is 5.75 Å². The Morgan fingerprint density at radius 3 is 2.89 bits per heavy atom. The highest BCUT2D eigenvalue weighted by Gasteiger charge is 2.13. The van der Waals surface area contributed by atoms with Crippen LogP contribution in [0.15, 0.2) is 23.3 Å². The molecule has 0 aliphatic heterocycles. The average Bonchev–Trinajstić information content (AvgIpc) is 2.30. The minimum absolute atomic E-state index is 0.0440. The Morgan fingerprint density at radius 1 is 1.61 bits per heavy atom. The lowest BCUT2D eigenvalue weighted by Gasteiger charge is -2.08. The van der Waals surface area contributed by atoms with Gasteiger partial charge < -0.3 is 20.5 Å². The van der Waals surface area contributed by atoms with Crippen LogP contribution in [-0.2, 0) is 0 Å². The van der Waals surface area contributed by atoms with E-state index in [2.05, 4.69) is 22.7 Å². The predicted octanol–water partition coefficient (Wildman–Crippen LogP) is -1.07. The van der Waals surface area contributed by atoms with Crippen molar-refractivity contribution in [1.29, 1.82) is 0 Å². The van der Waals surface area contributed by atoms with Crippen LogP contribution in [0.3, 0.4) is 0 Å². The Hall–Kier alpha value is -1.64. The zero-order chi connectivity index (χ0) is 13.5. The normalized spacial score (nSPS) is 10.4. The summed E-state index contributed by atoms with van der Waals surface area (Å²) >= 11 is 4.60. The molecule has 0 saturated heterocycles. The number of hydrazone groups is 1. The number of nitrogens with two attached hydrogens (primary N) is 1. The minimum Gasteiger partial charge on any atom is -0.493 e. The molecular weight excluding hydrogens is 253 g/mol. The molecule has 0 saturated carbocycles. The molecule has 0 fully saturated rings. The molecule has 0 spiro atoms. The molecule has 0 radical (unpaired) electrons. The third kappa shape index (κ3) is 4.32. The number of hydrogen-bond acceptors (Lipinski definition) is 5. The molecule has 0 atom stereocenters. The van der Waals surface area contributed by atoms with Crippen molar-refractivity contribution in [3.8, 4) is 5.75 Å². The van der Waals surface area contributed by atoms with Gasteiger partial charge in [0, 0.05) is 5.56 Å². The highest BCUT2D eigenvalue weighted by molar-refractivity contribution is 7.80. The molecule has 0 unspecified atom stereocenters. The second kappa shape index (κ2) is 6.95. The molecule has 0 aliphatic carbocycles. The molecule has 96 valence electrons. The van der Waals surface area contributed by atoms with Gasteiger partial charge in [-0.25, -0.2) is 0 Å². The van der Waals surface area contributed by atoms with Crippen molar-refractivity contribution in [1.82, 2.24) is 5.43 Å². The Labute approximate surface area is 111 Å². The fourth-order valence-electron chi connectivity index (χ4n) is 1.28. The third-order valence-corrected chi connectivity index (χ3v) is 2.10. The Bertz CT molecular complexity index is 454. The summed E-state index contributed by atoms with van der Waals surface area (Å²) < 4.78 is 5.38. The monoisotopic (exact) mass is 267 g/mol. The van der Waals surface area contributed by atoms with E-state index in [-0.39, 0.29) is 5.11 Å². The average molecular weight is 267 g/mol. The summed E-state index contributed by atoms with van der Waals surface area (Å²) in [6, 6.07) is 4.76. The van der Waals surface area contributed by atoms with E-state index in [0.717, 1.165) is 0 Å². The second-order valence-electron chi connectivity index (χ2n) is 3.34. The number of hydrogen-bond donors (Lipinski definition) is 4. The summed E-state index contributed by atoms with van der Waals surface area (Å²) in [5.74, 6) is 0.579. The molecule has 5 N–H and O–H groups in total. The summed E-state index contributed by atoms with van der Waals surface area (Å²) in [5.41, 5.74) is 8.57. The van der Waals surface area contributed by atoms with E-state index < -0.39 is 7.12 Å². The number of ether oxygens (including phenoxy) is 1. The molecule has 1 rings (SSSR count). The molecule has 1 aromatic rings. The first-order chi connectivity index (χ1) is 8.54. The number of rotatable bonds is 5. The maximum Gasteiger partial charge on any atom is 0.488 e. The van der Waals surface area contributed by atoms with Crippen molar-refractivity contribution < 1.29 is 14.8 Å². The quantitative estimate of drug-likeness (QED) is 0.235. The first-order valence-corrected chi connectivity index (χ1v) is 5.66. The van der Waals surface area contributed by atoms with Gasteiger partial charge >= 0.3 is 7.12 Å². The van der Waals surface area contributed by atoms with Crippen molar-refractivity contribution in [2.45, 2.75) is 6.92 Å². The van der Waals surface area contributed by atoms with Crippen molar-refractivity contribution in [2.75, 3.05) is 6.61 Å². The third-order valence-electron chi connectivity index (χ3n) is 2.01. The topological polar surface area (TPSA) is 100 Å². The van der Waals surface area contributed by atoms with Crippen molar-refractivity contribution >= 4 is 36.1 Å². The lowest BCUT2D eigenvalue weighted by atomic mass is 9.79. The first-order valence-electron chi connectivity index (χ1n) is 5.26. The molecule has 8 heteroatoms. The van der Waals surface area contributed by atoms with Crippen LogP contribution < -0.4 is 21.4 Å². The molecule has 0 aromatic heterocycles. The molecule has 1 aromatic carbocycles. The van der Waals surface area contributed by atoms with E-state index >= 15 is 0 Å². The molecule has 0 bridgehead atoms. The number of nitrogens with zero attached hydrogens (tertiary/aromatic N) is 1. The highest BCUT2D eigenvalue weighted by Crippen LogP contribution is 2.14. The van der Waals surface area contributed by atoms with Crippen LogP contribution in [0.2, 0.25) is 0 Å². The summed E-state index contributed by atoms with van der Waals surface area (Å²) in [7, 11) is -1.55. The zero-order valence-electron chi connectivity index (χ0n) is 9.83. The van der Waals surface area contributed by atoms with Gasteiger partial charge in [0.1, 0.15) is 5.75 Å². The Morgan fingerprint density at radius 2 is 2.33 bits per heavy atom. The van der Waals surface area contributed by atoms with Gasteiger partial charge in [0.15, 0.2) is 5.11 Å². The molecular formula is C10H14BN3O3S. The van der Waals surface area contributed by atoms with Gasteiger partial charge in [-0.3, -0.25) is 5.43 Å². The van der Waals surface area contributed by atoms with Crippen LogP contribution >= 0.6 is 12.2 Å². The van der Waals surface area contributed by atoms with Crippen molar-refractivity contribution in [3.05, 3.63) is 23.8 Å². The molecule has 6 nitrogen and oxygen atoms in total. The smallest absolute Gasteiger partial charge is 0.488 e. The van der Waals surface area contributed by atoms with E-state index in [1.807, 2.05) is 6.92 Å². The van der Waals surface area contributed by atoms with Gasteiger partial charge in [0.05, 0.1) is 12.8 Å². The fourth-order valence-corrected chi connectivity index (χ4v) is 1.33. The van der Waals surface area contributed by atoms with Gasteiger partial charge in [-0.05, 0) is 36.7 Å². The van der Waals surface area contributed by atoms with E-state index in [1.54, 1.807) is 18.2 Å². The van der Waals surface area contributed by atoms with E-state index in [0.29, 0.717) is 23.4 Å². The Kier molecular flexibility index (Phi) is 5.57. The lowest BCUT2D eigenvalue weighted by molar-refractivity contribution is 0.340. The van der Waals surface area contributed by atoms with Gasteiger partial charge in [-0.15, -0.1) is 0 Å². The first kappa shape index (κ1) is 14.4. The fraction of sp³-hybridized carbons (Fsp3) is 0.200. The molecule has 0 heterocycles. The number of benzene rings is 1. The number of nitrogens with one attached hydrogen (secondary N) is 1. The van der Waals surface area contributed by atoms with Crippen LogP contribution in [0.4, 0.5) is 0 Å². The van der Waals surface area contributed by atoms with E-state index in [4.69, 9.17) is 20.5 Å². The largest absolute Gasteiger partial charge is 0.493 e. The van der Waals surface area contributed by atoms with Gasteiger partial charge in [-0.2, -0.15) is 5.10 Å². The van der Waals surface area contributed by atoms with Crippen LogP contribution in [-0.4, -0.2) is 35.1 Å². The summed E-state index contributed by atoms with van der Waals surface area (Å²) in [6.07, 6.45) is 1.44. The standard InChI is InChI=1S/C10H14BN3O3S/c1-2-17-9-4-3-8(11(15)16)5-7(9)6-13-14-10(12)18/h3-6,15-16H,2H2,1H3,(H3,12,14,18). The predicted molar refractivity (Wildman–Crippen MR) is 75.0 cm³/mol. The SMILES string of the molecule is CCOc1ccc(B(O)O)cc1C=NNC(N)=S. The second-order valence-corrected chi connectivity index (χ2v) is 3.78. The van der Waals surface area contributed by atoms with Gasteiger partial charge in [0.25, 0.3) is 0 Å². The minimum atomic E-state index is -1.55. The summed E-state index contributed by atoms with van der Waals surface area (Å²) in [5, 5.41) is 22.0. The van der Waals surface area contributed by atoms with Crippen LogP contribution in [0.1, 0.15) is 12.5 Å². The van der Waals surface area contributed by atoms with Gasteiger partial charge in [-0.1, -0.05) is 6.07 Å². The maximum atomic E-state index is 9.10. The van der Waals surface area contributed by atoms with E-state index in [1.165, 1.54) is 6.21 Å². The molecule has 0 aliphatic rings. The molecule has 0 amide bonds. The van der Waals surface area contributed by atoms with Crippen molar-refractivity contribution in [2.24, 2.45) is 10.8 Å². The van der Waals surface area contributed by atoms with Gasteiger partial charge in [0.2, 0.25) is 0 Å². The Balaban J connectivity index is 2.99. The van der Waals surface area contributed by atoms with Crippen LogP contribution in [0.25, 0.3) is 0 Å². The number of thiocarbonyl (C=S) groups is 1. The highest BCUT2D eigenvalue weighted by atomic mass is 32.1. The van der Waals surface area contributed by atoms with Crippen molar-refractivity contribution in [3.63, 3.8) is 0 Å². The van der Waals surface area contributed by atoms with Crippen LogP contribution in [0, 0.1) is 0 Å². The maximum absolute atomic E-state index is 9.10.